The maximum atomic E-state index is 13.2. The van der Waals surface area contributed by atoms with Crippen LogP contribution < -0.4 is 10.3 Å². The predicted molar refractivity (Wildman–Crippen MR) is 118 cm³/mol. The molecule has 0 aliphatic rings. The van der Waals surface area contributed by atoms with E-state index in [9.17, 15) is 20.0 Å². The fourth-order valence-electron chi connectivity index (χ4n) is 3.20. The van der Waals surface area contributed by atoms with Crippen LogP contribution in [-0.4, -0.2) is 26.7 Å². The van der Waals surface area contributed by atoms with Gasteiger partial charge in [-0.05, 0) is 48.0 Å². The van der Waals surface area contributed by atoms with E-state index < -0.39 is 4.92 Å². The molecule has 3 aromatic carbocycles. The van der Waals surface area contributed by atoms with Crippen molar-refractivity contribution in [3.8, 4) is 17.2 Å². The summed E-state index contributed by atoms with van der Waals surface area (Å²) in [5.41, 5.74) is 1.36. The Labute approximate surface area is 176 Å². The largest absolute Gasteiger partial charge is 0.504 e. The van der Waals surface area contributed by atoms with Gasteiger partial charge in [0.25, 0.3) is 11.2 Å². The van der Waals surface area contributed by atoms with Crippen molar-refractivity contribution < 1.29 is 14.8 Å². The summed E-state index contributed by atoms with van der Waals surface area (Å²) in [7, 11) is 1.46. The normalized spacial score (nSPS) is 11.1. The van der Waals surface area contributed by atoms with E-state index in [4.69, 9.17) is 4.74 Å². The van der Waals surface area contributed by atoms with Crippen molar-refractivity contribution >= 4 is 28.7 Å². The fraction of sp³-hybridized carbons (Fsp3) is 0.0435. The number of fused-ring (bicyclic) bond motifs is 1. The van der Waals surface area contributed by atoms with E-state index in [-0.39, 0.29) is 17.0 Å². The minimum atomic E-state index is -0.496. The molecule has 154 valence electrons. The molecule has 0 radical (unpaired) electrons. The van der Waals surface area contributed by atoms with Crippen molar-refractivity contribution in [3.63, 3.8) is 0 Å². The van der Waals surface area contributed by atoms with Crippen molar-refractivity contribution in [3.05, 3.63) is 98.6 Å². The minimum absolute atomic E-state index is 0.0197. The van der Waals surface area contributed by atoms with Gasteiger partial charge in [0.15, 0.2) is 11.5 Å². The number of para-hydroxylation sites is 1. The van der Waals surface area contributed by atoms with Crippen molar-refractivity contribution in [2.24, 2.45) is 0 Å². The third-order valence-corrected chi connectivity index (χ3v) is 4.75. The molecular formula is C23H17N3O5. The number of non-ortho nitro benzene ring substituents is 1. The van der Waals surface area contributed by atoms with Crippen LogP contribution in [-0.2, 0) is 0 Å². The van der Waals surface area contributed by atoms with Gasteiger partial charge in [-0.25, -0.2) is 4.98 Å². The summed E-state index contributed by atoms with van der Waals surface area (Å²) in [6.07, 6.45) is 3.40. The van der Waals surface area contributed by atoms with Crippen LogP contribution in [0.4, 0.5) is 5.69 Å². The number of phenols is 1. The van der Waals surface area contributed by atoms with Gasteiger partial charge in [0, 0.05) is 12.1 Å². The van der Waals surface area contributed by atoms with E-state index >= 15 is 0 Å². The van der Waals surface area contributed by atoms with Crippen molar-refractivity contribution in [1.82, 2.24) is 9.55 Å². The molecule has 0 aliphatic heterocycles. The van der Waals surface area contributed by atoms with Crippen LogP contribution >= 0.6 is 0 Å². The van der Waals surface area contributed by atoms with E-state index in [1.807, 2.05) is 0 Å². The molecular weight excluding hydrogens is 398 g/mol. The number of methoxy groups -OCH3 is 1. The first-order valence-electron chi connectivity index (χ1n) is 9.29. The summed E-state index contributed by atoms with van der Waals surface area (Å²) in [5, 5.41) is 21.2. The van der Waals surface area contributed by atoms with Crippen molar-refractivity contribution in [1.29, 1.82) is 0 Å². The Morgan fingerprint density at radius 3 is 2.52 bits per heavy atom. The molecule has 0 saturated heterocycles. The minimum Gasteiger partial charge on any atom is -0.504 e. The van der Waals surface area contributed by atoms with Crippen LogP contribution in [0.1, 0.15) is 11.4 Å². The highest BCUT2D eigenvalue weighted by atomic mass is 16.6. The average molecular weight is 415 g/mol. The summed E-state index contributed by atoms with van der Waals surface area (Å²) in [5.74, 6) is 0.692. The van der Waals surface area contributed by atoms with E-state index in [1.165, 1.54) is 42.0 Å². The Hall–Kier alpha value is -4.46. The van der Waals surface area contributed by atoms with Gasteiger partial charge in [-0.3, -0.25) is 19.5 Å². The third-order valence-electron chi connectivity index (χ3n) is 4.75. The van der Waals surface area contributed by atoms with Gasteiger partial charge in [0.1, 0.15) is 5.82 Å². The molecule has 0 atom stereocenters. The number of aromatic hydroxyl groups is 1. The highest BCUT2D eigenvalue weighted by molar-refractivity contribution is 5.80. The van der Waals surface area contributed by atoms with E-state index in [0.717, 1.165) is 5.56 Å². The Bertz CT molecular complexity index is 1370. The van der Waals surface area contributed by atoms with Crippen LogP contribution in [0.2, 0.25) is 0 Å². The van der Waals surface area contributed by atoms with Crippen LogP contribution in [0.3, 0.4) is 0 Å². The van der Waals surface area contributed by atoms with Crippen molar-refractivity contribution in [2.75, 3.05) is 7.11 Å². The molecule has 0 fully saturated rings. The lowest BCUT2D eigenvalue weighted by molar-refractivity contribution is -0.384. The first kappa shape index (κ1) is 19.8. The van der Waals surface area contributed by atoms with Gasteiger partial charge in [-0.15, -0.1) is 0 Å². The molecule has 8 nitrogen and oxygen atoms in total. The van der Waals surface area contributed by atoms with Gasteiger partial charge < -0.3 is 9.84 Å². The van der Waals surface area contributed by atoms with Crippen LogP contribution in [0.15, 0.2) is 71.5 Å². The fourth-order valence-corrected chi connectivity index (χ4v) is 3.20. The van der Waals surface area contributed by atoms with Gasteiger partial charge in [-0.2, -0.15) is 0 Å². The Kier molecular flexibility index (Phi) is 5.19. The summed E-state index contributed by atoms with van der Waals surface area (Å²) in [4.78, 5) is 28.3. The number of nitro benzene ring substituents is 1. The Morgan fingerprint density at radius 2 is 1.81 bits per heavy atom. The molecule has 0 spiro atoms. The summed E-state index contributed by atoms with van der Waals surface area (Å²) >= 11 is 0. The first-order chi connectivity index (χ1) is 15.0. The van der Waals surface area contributed by atoms with Crippen molar-refractivity contribution in [2.45, 2.75) is 0 Å². The molecule has 1 heterocycles. The number of benzene rings is 3. The van der Waals surface area contributed by atoms with E-state index in [2.05, 4.69) is 4.98 Å². The number of rotatable bonds is 5. The number of aromatic nitrogens is 2. The number of hydrogen-bond donors (Lipinski definition) is 1. The monoisotopic (exact) mass is 415 g/mol. The van der Waals surface area contributed by atoms with Crippen LogP contribution in [0, 0.1) is 10.1 Å². The number of phenolic OH excluding ortho intramolecular Hbond substituents is 1. The maximum Gasteiger partial charge on any atom is 0.269 e. The highest BCUT2D eigenvalue weighted by Gasteiger charge is 2.13. The molecule has 0 saturated carbocycles. The molecule has 8 heteroatoms. The highest BCUT2D eigenvalue weighted by Crippen LogP contribution is 2.27. The van der Waals surface area contributed by atoms with E-state index in [1.54, 1.807) is 48.6 Å². The third kappa shape index (κ3) is 3.86. The molecule has 0 unspecified atom stereocenters. The molecule has 1 aromatic heterocycles. The number of nitro groups is 1. The second kappa shape index (κ2) is 8.11. The summed E-state index contributed by atoms with van der Waals surface area (Å²) < 4.78 is 6.53. The lowest BCUT2D eigenvalue weighted by Gasteiger charge is -2.11. The Balaban J connectivity index is 1.88. The lowest BCUT2D eigenvalue weighted by atomic mass is 10.1. The zero-order valence-electron chi connectivity index (χ0n) is 16.4. The lowest BCUT2D eigenvalue weighted by Crippen LogP contribution is -2.22. The molecule has 31 heavy (non-hydrogen) atoms. The molecule has 4 rings (SSSR count). The molecule has 0 aliphatic carbocycles. The quantitative estimate of drug-likeness (QED) is 0.387. The molecule has 4 aromatic rings. The Morgan fingerprint density at radius 1 is 1.06 bits per heavy atom. The van der Waals surface area contributed by atoms with Gasteiger partial charge in [0.2, 0.25) is 0 Å². The maximum absolute atomic E-state index is 13.2. The number of nitrogens with zero attached hydrogens (tertiary/aromatic N) is 3. The average Bonchev–Trinajstić information content (AvgIpc) is 2.78. The van der Waals surface area contributed by atoms with Gasteiger partial charge in [-0.1, -0.05) is 24.3 Å². The second-order valence-corrected chi connectivity index (χ2v) is 6.67. The zero-order chi connectivity index (χ0) is 22.0. The second-order valence-electron chi connectivity index (χ2n) is 6.67. The van der Waals surface area contributed by atoms with Gasteiger partial charge >= 0.3 is 0 Å². The van der Waals surface area contributed by atoms with Crippen LogP contribution in [0.5, 0.6) is 11.5 Å². The number of ether oxygens (including phenoxy) is 1. The smallest absolute Gasteiger partial charge is 0.269 e. The van der Waals surface area contributed by atoms with Crippen LogP contribution in [0.25, 0.3) is 28.7 Å². The SMILES string of the molecule is COc1cc(/C=C/c2nc3ccccc3c(=O)n2-c2ccc([N+](=O)[O-])cc2)ccc1O. The molecule has 1 N–H and O–H groups in total. The summed E-state index contributed by atoms with van der Waals surface area (Å²) in [6.45, 7) is 0. The standard InChI is InChI=1S/C23H17N3O5/c1-31-21-14-15(6-12-20(21)27)7-13-22-24-19-5-3-2-4-18(19)23(28)25(22)16-8-10-17(11-9-16)26(29)30/h2-14,27H,1H3/b13-7+. The number of hydrogen-bond acceptors (Lipinski definition) is 6. The molecule has 0 bridgehead atoms. The topological polar surface area (TPSA) is 107 Å². The summed E-state index contributed by atoms with van der Waals surface area (Å²) in [6, 6.07) is 17.6. The first-order valence-corrected chi connectivity index (χ1v) is 9.29. The zero-order valence-corrected chi connectivity index (χ0v) is 16.4. The molecule has 0 amide bonds. The van der Waals surface area contributed by atoms with Gasteiger partial charge in [0.05, 0.1) is 28.6 Å². The predicted octanol–water partition coefficient (Wildman–Crippen LogP) is 4.18. The van der Waals surface area contributed by atoms with E-state index in [0.29, 0.717) is 28.2 Å².